The van der Waals surface area contributed by atoms with Gasteiger partial charge in [-0.15, -0.1) is 0 Å². The molecule has 69 valence electrons. The van der Waals surface area contributed by atoms with Gasteiger partial charge in [0, 0.05) is 0 Å². The molecule has 12 heavy (non-hydrogen) atoms. The number of hydrogen-bond donors (Lipinski definition) is 0. The van der Waals surface area contributed by atoms with Gasteiger partial charge >= 0.3 is 0 Å². The molecule has 0 saturated heterocycles. The SMILES string of the molecule is [CH2]CC(=CC(C)=CCCC)CC. The summed E-state index contributed by atoms with van der Waals surface area (Å²) in [7, 11) is 0. The van der Waals surface area contributed by atoms with E-state index in [-0.39, 0.29) is 0 Å². The van der Waals surface area contributed by atoms with Gasteiger partial charge in [0.05, 0.1) is 0 Å². The molecule has 0 amide bonds. The van der Waals surface area contributed by atoms with E-state index in [0.717, 1.165) is 12.8 Å². The first kappa shape index (κ1) is 11.5. The third-order valence-electron chi connectivity index (χ3n) is 1.96. The van der Waals surface area contributed by atoms with E-state index in [1.54, 1.807) is 0 Å². The van der Waals surface area contributed by atoms with Crippen molar-refractivity contribution in [3.05, 3.63) is 30.2 Å². The van der Waals surface area contributed by atoms with Gasteiger partial charge in [-0.1, -0.05) is 43.6 Å². The Morgan fingerprint density at radius 2 is 2.00 bits per heavy atom. The van der Waals surface area contributed by atoms with Crippen LogP contribution < -0.4 is 0 Å². The molecule has 0 unspecified atom stereocenters. The van der Waals surface area contributed by atoms with Gasteiger partial charge in [-0.2, -0.15) is 0 Å². The molecule has 0 rings (SSSR count). The van der Waals surface area contributed by atoms with E-state index < -0.39 is 0 Å². The Bertz CT molecular complexity index is 155. The van der Waals surface area contributed by atoms with Crippen LogP contribution in [0.3, 0.4) is 0 Å². The second-order valence-electron chi connectivity index (χ2n) is 3.14. The fourth-order valence-electron chi connectivity index (χ4n) is 1.10. The van der Waals surface area contributed by atoms with Crippen molar-refractivity contribution in [2.75, 3.05) is 0 Å². The third kappa shape index (κ3) is 5.17. The maximum absolute atomic E-state index is 3.89. The van der Waals surface area contributed by atoms with Crippen LogP contribution in [0.15, 0.2) is 23.3 Å². The summed E-state index contributed by atoms with van der Waals surface area (Å²) in [5, 5.41) is 0. The summed E-state index contributed by atoms with van der Waals surface area (Å²) >= 11 is 0. The molecule has 0 atom stereocenters. The Hall–Kier alpha value is -0.520. The Kier molecular flexibility index (Phi) is 6.84. The first-order valence-corrected chi connectivity index (χ1v) is 4.90. The quantitative estimate of drug-likeness (QED) is 0.533. The largest absolute Gasteiger partial charge is 0.0816 e. The van der Waals surface area contributed by atoms with Crippen molar-refractivity contribution in [3.8, 4) is 0 Å². The van der Waals surface area contributed by atoms with Gasteiger partial charge in [0.15, 0.2) is 0 Å². The van der Waals surface area contributed by atoms with Crippen molar-refractivity contribution in [2.24, 2.45) is 0 Å². The minimum atomic E-state index is 0.938. The number of hydrogen-bond acceptors (Lipinski definition) is 0. The molecular weight excluding hydrogens is 144 g/mol. The van der Waals surface area contributed by atoms with Gasteiger partial charge in [-0.05, 0) is 33.1 Å². The predicted octanol–water partition coefficient (Wildman–Crippen LogP) is 4.29. The Labute approximate surface area is 77.4 Å². The average Bonchev–Trinajstić information content (AvgIpc) is 2.10. The first-order valence-electron chi connectivity index (χ1n) is 4.90. The highest BCUT2D eigenvalue weighted by atomic mass is 14.0. The van der Waals surface area contributed by atoms with Crippen molar-refractivity contribution in [1.82, 2.24) is 0 Å². The fourth-order valence-corrected chi connectivity index (χ4v) is 1.10. The van der Waals surface area contributed by atoms with Crippen molar-refractivity contribution < 1.29 is 0 Å². The molecular formula is C12H21. The molecule has 0 aliphatic rings. The van der Waals surface area contributed by atoms with Crippen LogP contribution >= 0.6 is 0 Å². The van der Waals surface area contributed by atoms with Gasteiger partial charge in [0.2, 0.25) is 0 Å². The van der Waals surface area contributed by atoms with Crippen molar-refractivity contribution in [1.29, 1.82) is 0 Å². The lowest BCUT2D eigenvalue weighted by Crippen LogP contribution is -1.79. The zero-order valence-corrected chi connectivity index (χ0v) is 8.69. The summed E-state index contributed by atoms with van der Waals surface area (Å²) in [4.78, 5) is 0. The second kappa shape index (κ2) is 7.15. The number of rotatable bonds is 5. The van der Waals surface area contributed by atoms with Crippen molar-refractivity contribution in [2.45, 2.75) is 46.5 Å². The summed E-state index contributed by atoms with van der Waals surface area (Å²) < 4.78 is 0. The number of allylic oxidation sites excluding steroid dienone is 4. The molecule has 1 radical (unpaired) electrons. The van der Waals surface area contributed by atoms with E-state index in [1.807, 2.05) is 0 Å². The summed E-state index contributed by atoms with van der Waals surface area (Å²) in [5.41, 5.74) is 2.83. The standard InChI is InChI=1S/C12H21/c1-5-8-9-11(4)10-12(6-2)7-3/h9-10H,2,5-8H2,1,3-4H3. The number of unbranched alkanes of at least 4 members (excludes halogenated alkanes) is 1. The van der Waals surface area contributed by atoms with Crippen LogP contribution in [0.1, 0.15) is 46.5 Å². The van der Waals surface area contributed by atoms with E-state index in [4.69, 9.17) is 0 Å². The lowest BCUT2D eigenvalue weighted by atomic mass is 10.1. The second-order valence-corrected chi connectivity index (χ2v) is 3.14. The summed E-state index contributed by atoms with van der Waals surface area (Å²) in [6.45, 7) is 10.5. The topological polar surface area (TPSA) is 0 Å². The van der Waals surface area contributed by atoms with E-state index in [1.165, 1.54) is 24.0 Å². The Balaban J connectivity index is 4.09. The molecule has 0 heteroatoms. The Morgan fingerprint density at radius 3 is 2.42 bits per heavy atom. The molecule has 0 aliphatic carbocycles. The van der Waals surface area contributed by atoms with Crippen LogP contribution in [0.2, 0.25) is 0 Å². The van der Waals surface area contributed by atoms with Crippen molar-refractivity contribution >= 4 is 0 Å². The van der Waals surface area contributed by atoms with Crippen molar-refractivity contribution in [3.63, 3.8) is 0 Å². The smallest absolute Gasteiger partial charge is 0.0317 e. The molecule has 0 N–H and O–H groups in total. The van der Waals surface area contributed by atoms with Crippen LogP contribution in [0.25, 0.3) is 0 Å². The highest BCUT2D eigenvalue weighted by molar-refractivity contribution is 5.21. The maximum Gasteiger partial charge on any atom is -0.0317 e. The highest BCUT2D eigenvalue weighted by Gasteiger charge is 1.89. The van der Waals surface area contributed by atoms with Crippen LogP contribution in [0.4, 0.5) is 0 Å². The molecule has 0 aromatic carbocycles. The summed E-state index contributed by atoms with van der Waals surface area (Å²) in [6, 6.07) is 0. The fraction of sp³-hybridized carbons (Fsp3) is 0.583. The van der Waals surface area contributed by atoms with E-state index in [2.05, 4.69) is 39.8 Å². The molecule has 0 spiro atoms. The van der Waals surface area contributed by atoms with E-state index >= 15 is 0 Å². The summed E-state index contributed by atoms with van der Waals surface area (Å²) in [5.74, 6) is 0. The maximum atomic E-state index is 3.89. The minimum absolute atomic E-state index is 0.938. The van der Waals surface area contributed by atoms with Crippen LogP contribution in [-0.2, 0) is 0 Å². The van der Waals surface area contributed by atoms with E-state index in [0.29, 0.717) is 0 Å². The molecule has 0 aromatic rings. The lowest BCUT2D eigenvalue weighted by Gasteiger charge is -1.99. The molecule has 0 bridgehead atoms. The molecule has 0 saturated carbocycles. The zero-order valence-electron chi connectivity index (χ0n) is 8.69. The van der Waals surface area contributed by atoms with E-state index in [9.17, 15) is 0 Å². The van der Waals surface area contributed by atoms with Gasteiger partial charge in [0.1, 0.15) is 0 Å². The van der Waals surface area contributed by atoms with Crippen LogP contribution in [0, 0.1) is 6.92 Å². The highest BCUT2D eigenvalue weighted by Crippen LogP contribution is 2.10. The van der Waals surface area contributed by atoms with Gasteiger partial charge in [0.25, 0.3) is 0 Å². The molecule has 0 aromatic heterocycles. The van der Waals surface area contributed by atoms with Gasteiger partial charge in [-0.25, -0.2) is 0 Å². The molecule has 0 aliphatic heterocycles. The lowest BCUT2D eigenvalue weighted by molar-refractivity contribution is 0.949. The van der Waals surface area contributed by atoms with Gasteiger partial charge < -0.3 is 0 Å². The van der Waals surface area contributed by atoms with Crippen LogP contribution in [-0.4, -0.2) is 0 Å². The zero-order chi connectivity index (χ0) is 9.40. The monoisotopic (exact) mass is 165 g/mol. The molecule has 0 heterocycles. The van der Waals surface area contributed by atoms with Crippen LogP contribution in [0.5, 0.6) is 0 Å². The third-order valence-corrected chi connectivity index (χ3v) is 1.96. The predicted molar refractivity (Wildman–Crippen MR) is 57.0 cm³/mol. The summed E-state index contributed by atoms with van der Waals surface area (Å²) in [6.07, 6.45) is 9.05. The molecule has 0 fully saturated rings. The normalized spacial score (nSPS) is 13.7. The minimum Gasteiger partial charge on any atom is -0.0816 e. The van der Waals surface area contributed by atoms with Gasteiger partial charge in [-0.3, -0.25) is 0 Å². The Morgan fingerprint density at radius 1 is 1.33 bits per heavy atom. The molecule has 0 nitrogen and oxygen atoms in total. The average molecular weight is 165 g/mol. The first-order chi connectivity index (χ1) is 5.74.